The van der Waals surface area contributed by atoms with E-state index in [4.69, 9.17) is 9.47 Å². The van der Waals surface area contributed by atoms with Crippen molar-refractivity contribution in [3.05, 3.63) is 89.5 Å². The van der Waals surface area contributed by atoms with Crippen LogP contribution < -0.4 is 15.0 Å². The van der Waals surface area contributed by atoms with Crippen molar-refractivity contribution in [2.24, 2.45) is 0 Å². The second kappa shape index (κ2) is 14.3. The highest BCUT2D eigenvalue weighted by Gasteiger charge is 2.36. The molecular weight excluding hydrogens is 642 g/mol. The summed E-state index contributed by atoms with van der Waals surface area (Å²) in [6, 6.07) is 14.7. The maximum absolute atomic E-state index is 13.0. The van der Waals surface area contributed by atoms with E-state index in [1.165, 1.54) is 55.5 Å². The monoisotopic (exact) mass is 674 g/mol. The maximum atomic E-state index is 13.0. The van der Waals surface area contributed by atoms with Gasteiger partial charge in [-0.25, -0.2) is 8.42 Å². The summed E-state index contributed by atoms with van der Waals surface area (Å²) in [6.45, 7) is -0.512. The van der Waals surface area contributed by atoms with Gasteiger partial charge in [-0.05, 0) is 66.2 Å². The Bertz CT molecular complexity index is 1560. The summed E-state index contributed by atoms with van der Waals surface area (Å²) in [7, 11) is -3.42. The number of hydrogen-bond acceptors (Lipinski definition) is 7. The van der Waals surface area contributed by atoms with E-state index in [1.807, 2.05) is 0 Å². The quantitative estimate of drug-likeness (QED) is 0.242. The van der Waals surface area contributed by atoms with Crippen LogP contribution in [0.2, 0.25) is 0 Å². The number of nitrogens with one attached hydrogen (secondary N) is 1. The summed E-state index contributed by atoms with van der Waals surface area (Å²) >= 11 is 0. The zero-order valence-corrected chi connectivity index (χ0v) is 25.3. The fourth-order valence-electron chi connectivity index (χ4n) is 5.01. The highest BCUT2D eigenvalue weighted by molar-refractivity contribution is 7.91. The van der Waals surface area contributed by atoms with Gasteiger partial charge in [0.2, 0.25) is 0 Å². The van der Waals surface area contributed by atoms with E-state index in [0.29, 0.717) is 11.3 Å². The number of rotatable bonds is 12. The van der Waals surface area contributed by atoms with Crippen molar-refractivity contribution in [2.45, 2.75) is 48.8 Å². The summed E-state index contributed by atoms with van der Waals surface area (Å²) in [5.41, 5.74) is 0.401. The Kier molecular flexibility index (Phi) is 10.9. The molecule has 250 valence electrons. The molecule has 1 aliphatic rings. The molecule has 3 aromatic rings. The summed E-state index contributed by atoms with van der Waals surface area (Å²) in [6.07, 6.45) is -9.41. The highest BCUT2D eigenvalue weighted by Crippen LogP contribution is 2.33. The Morgan fingerprint density at radius 1 is 0.978 bits per heavy atom. The smallest absolute Gasteiger partial charge is 0.416 e. The van der Waals surface area contributed by atoms with E-state index in [0.717, 1.165) is 12.1 Å². The van der Waals surface area contributed by atoms with Gasteiger partial charge in [0, 0.05) is 17.7 Å². The molecule has 1 saturated heterocycles. The van der Waals surface area contributed by atoms with Crippen molar-refractivity contribution >= 4 is 21.4 Å². The topological polar surface area (TPSA) is 105 Å². The number of aliphatic hydroxyl groups excluding tert-OH is 1. The normalized spacial score (nSPS) is 18.0. The first kappa shape index (κ1) is 35.0. The van der Waals surface area contributed by atoms with Crippen molar-refractivity contribution in [3.63, 3.8) is 0 Å². The third-order valence-electron chi connectivity index (χ3n) is 7.41. The molecule has 3 aromatic carbocycles. The minimum atomic E-state index is -4.53. The lowest BCUT2D eigenvalue weighted by atomic mass is 10.1. The van der Waals surface area contributed by atoms with Crippen molar-refractivity contribution in [1.82, 2.24) is 5.32 Å². The largest absolute Gasteiger partial charge is 0.489 e. The molecule has 0 saturated carbocycles. The molecule has 2 N–H and O–H groups in total. The minimum Gasteiger partial charge on any atom is -0.489 e. The van der Waals surface area contributed by atoms with Crippen LogP contribution in [0.4, 0.5) is 32.0 Å². The average molecular weight is 675 g/mol. The molecule has 1 amide bonds. The number of benzene rings is 3. The van der Waals surface area contributed by atoms with E-state index in [-0.39, 0.29) is 41.5 Å². The molecule has 0 radical (unpaired) electrons. The number of sulfone groups is 1. The number of anilines is 1. The number of amides is 1. The van der Waals surface area contributed by atoms with Gasteiger partial charge in [0.15, 0.2) is 9.84 Å². The highest BCUT2D eigenvalue weighted by atomic mass is 32.2. The zero-order chi connectivity index (χ0) is 33.7. The summed E-state index contributed by atoms with van der Waals surface area (Å²) in [5.74, 6) is -0.443. The SMILES string of the molecule is CCS(=O)(=O)c1ccc(C(CO)NC(=O)c2ccc(N3C[C@H](Oc4ccc(C(F)(F)F)cc4)C[C@H]3COCC(F)(F)F)cc2)cc1. The van der Waals surface area contributed by atoms with Crippen LogP contribution in [0.1, 0.15) is 40.9 Å². The standard InChI is InChI=1S/C31H32F6N2O6S/c1-2-46(42,43)27-13-5-20(6-14-27)28(17-40)38-29(41)21-3-9-23(10-4-21)39-16-26(15-24(39)18-44-19-30(32,33)34)45-25-11-7-22(8-12-25)31(35,36)37/h3-14,24,26,28,40H,2,15-19H2,1H3,(H,38,41)/t24-,26+,28?/m0/s1. The van der Waals surface area contributed by atoms with Crippen molar-refractivity contribution in [2.75, 3.05) is 37.0 Å². The van der Waals surface area contributed by atoms with Gasteiger partial charge in [0.25, 0.3) is 5.91 Å². The first-order valence-electron chi connectivity index (χ1n) is 14.2. The van der Waals surface area contributed by atoms with Gasteiger partial charge in [-0.3, -0.25) is 4.79 Å². The Hall–Kier alpha value is -3.82. The van der Waals surface area contributed by atoms with Gasteiger partial charge in [0.05, 0.1) is 48.1 Å². The van der Waals surface area contributed by atoms with Crippen LogP contribution in [0.15, 0.2) is 77.7 Å². The predicted molar refractivity (Wildman–Crippen MR) is 156 cm³/mol. The van der Waals surface area contributed by atoms with Crippen LogP contribution in [0.5, 0.6) is 5.75 Å². The van der Waals surface area contributed by atoms with Crippen LogP contribution in [0.3, 0.4) is 0 Å². The summed E-state index contributed by atoms with van der Waals surface area (Å²) in [5, 5.41) is 12.6. The fraction of sp³-hybridized carbons (Fsp3) is 0.387. The van der Waals surface area contributed by atoms with Crippen LogP contribution in [-0.4, -0.2) is 69.9 Å². The Labute approximate surface area is 261 Å². The molecule has 1 fully saturated rings. The third-order valence-corrected chi connectivity index (χ3v) is 9.16. The second-order valence-electron chi connectivity index (χ2n) is 10.7. The number of ether oxygens (including phenoxy) is 2. The molecule has 1 unspecified atom stereocenters. The van der Waals surface area contributed by atoms with Gasteiger partial charge in [-0.15, -0.1) is 0 Å². The molecule has 3 atom stereocenters. The Morgan fingerprint density at radius 3 is 2.15 bits per heavy atom. The molecule has 0 aromatic heterocycles. The average Bonchev–Trinajstić information content (AvgIpc) is 3.41. The van der Waals surface area contributed by atoms with Crippen LogP contribution in [0.25, 0.3) is 0 Å². The van der Waals surface area contributed by atoms with Gasteiger partial charge in [-0.1, -0.05) is 19.1 Å². The van der Waals surface area contributed by atoms with Gasteiger partial charge < -0.3 is 24.8 Å². The van der Waals surface area contributed by atoms with Crippen molar-refractivity contribution in [3.8, 4) is 5.75 Å². The molecule has 8 nitrogen and oxygen atoms in total. The lowest BCUT2D eigenvalue weighted by Gasteiger charge is -2.26. The van der Waals surface area contributed by atoms with E-state index in [9.17, 15) is 44.7 Å². The zero-order valence-electron chi connectivity index (χ0n) is 24.5. The number of nitrogens with zero attached hydrogens (tertiary/aromatic N) is 1. The second-order valence-corrected chi connectivity index (χ2v) is 12.9. The number of halogens is 6. The minimum absolute atomic E-state index is 0.0753. The molecular formula is C31H32F6N2O6S. The molecule has 0 bridgehead atoms. The van der Waals surface area contributed by atoms with Gasteiger partial charge in [0.1, 0.15) is 18.5 Å². The van der Waals surface area contributed by atoms with Crippen molar-refractivity contribution in [1.29, 1.82) is 0 Å². The lowest BCUT2D eigenvalue weighted by molar-refractivity contribution is -0.174. The van der Waals surface area contributed by atoms with Gasteiger partial charge in [-0.2, -0.15) is 26.3 Å². The van der Waals surface area contributed by atoms with Crippen LogP contribution in [-0.2, 0) is 20.8 Å². The van der Waals surface area contributed by atoms with E-state index >= 15 is 0 Å². The molecule has 0 aliphatic carbocycles. The first-order chi connectivity index (χ1) is 21.6. The van der Waals surface area contributed by atoms with E-state index in [1.54, 1.807) is 17.0 Å². The Balaban J connectivity index is 1.45. The van der Waals surface area contributed by atoms with Gasteiger partial charge >= 0.3 is 12.4 Å². The number of alkyl halides is 6. The number of hydrogen-bond donors (Lipinski definition) is 2. The van der Waals surface area contributed by atoms with Crippen molar-refractivity contribution < 1.29 is 54.1 Å². The number of carbonyl (C=O) groups is 1. The molecule has 1 heterocycles. The molecule has 15 heteroatoms. The van der Waals surface area contributed by atoms with E-state index in [2.05, 4.69) is 5.32 Å². The first-order valence-corrected chi connectivity index (χ1v) is 15.8. The Morgan fingerprint density at radius 2 is 1.61 bits per heavy atom. The van der Waals surface area contributed by atoms with Crippen LogP contribution in [0, 0.1) is 0 Å². The third kappa shape index (κ3) is 9.13. The lowest BCUT2D eigenvalue weighted by Crippen LogP contribution is -2.35. The maximum Gasteiger partial charge on any atom is 0.416 e. The number of aliphatic hydroxyl groups is 1. The summed E-state index contributed by atoms with van der Waals surface area (Å²) < 4.78 is 112. The van der Waals surface area contributed by atoms with E-state index < -0.39 is 65.1 Å². The molecule has 1 aliphatic heterocycles. The summed E-state index contributed by atoms with van der Waals surface area (Å²) in [4.78, 5) is 14.8. The molecule has 4 rings (SSSR count). The fourth-order valence-corrected chi connectivity index (χ4v) is 5.90. The number of carbonyl (C=O) groups excluding carboxylic acids is 1. The predicted octanol–water partition coefficient (Wildman–Crippen LogP) is 5.57. The molecule has 46 heavy (non-hydrogen) atoms. The molecule has 0 spiro atoms. The van der Waals surface area contributed by atoms with Crippen LogP contribution >= 0.6 is 0 Å².